The van der Waals surface area contributed by atoms with E-state index in [0.717, 1.165) is 49.4 Å². The first-order chi connectivity index (χ1) is 23.7. The summed E-state index contributed by atoms with van der Waals surface area (Å²) < 4.78 is 15.7. The van der Waals surface area contributed by atoms with Crippen LogP contribution in [0, 0.1) is 0 Å². The van der Waals surface area contributed by atoms with Crippen molar-refractivity contribution in [3.63, 3.8) is 0 Å². The molecule has 0 aliphatic heterocycles. The molecule has 3 heteroatoms. The van der Waals surface area contributed by atoms with Gasteiger partial charge in [0.25, 0.3) is 0 Å². The average Bonchev–Trinajstić information content (AvgIpc) is 3.17. The summed E-state index contributed by atoms with van der Waals surface area (Å²) in [5, 5.41) is 9.80. The number of benzene rings is 8. The molecule has 48 heavy (non-hydrogen) atoms. The van der Waals surface area contributed by atoms with Gasteiger partial charge in [0.2, 0.25) is 0 Å². The molecule has 0 unspecified atom stereocenters. The zero-order valence-corrected chi connectivity index (χ0v) is 27.0. The van der Waals surface area contributed by atoms with Crippen LogP contribution in [0.5, 0.6) is 0 Å². The third-order valence-corrected chi connectivity index (χ3v) is 12.6. The van der Waals surface area contributed by atoms with Crippen molar-refractivity contribution in [3.8, 4) is 33.5 Å². The predicted molar refractivity (Wildman–Crippen MR) is 204 cm³/mol. The van der Waals surface area contributed by atoms with Crippen molar-refractivity contribution in [2.24, 2.45) is 0 Å². The van der Waals surface area contributed by atoms with E-state index in [2.05, 4.69) is 97.1 Å². The Labute approximate surface area is 279 Å². The van der Waals surface area contributed by atoms with Gasteiger partial charge in [-0.25, -0.2) is 0 Å². The number of hydrogen-bond donors (Lipinski definition) is 0. The zero-order valence-electron chi connectivity index (χ0n) is 26.1. The third kappa shape index (κ3) is 4.65. The third-order valence-electron chi connectivity index (χ3n) is 9.53. The molecule has 0 atom stereocenters. The lowest BCUT2D eigenvalue weighted by atomic mass is 9.89. The topological polar surface area (TPSA) is 30.0 Å². The second-order valence-electron chi connectivity index (χ2n) is 12.3. The maximum Gasteiger partial charge on any atom is 0.171 e. The Balaban J connectivity index is 1.32. The van der Waals surface area contributed by atoms with Crippen LogP contribution in [-0.4, -0.2) is 4.98 Å². The van der Waals surface area contributed by atoms with E-state index in [0.29, 0.717) is 0 Å². The lowest BCUT2D eigenvalue weighted by Gasteiger charge is -2.22. The summed E-state index contributed by atoms with van der Waals surface area (Å²) in [6.07, 6.45) is 1.93. The Morgan fingerprint density at radius 2 is 0.979 bits per heavy atom. The van der Waals surface area contributed by atoms with Gasteiger partial charge in [-0.2, -0.15) is 0 Å². The van der Waals surface area contributed by atoms with Gasteiger partial charge in [0, 0.05) is 33.2 Å². The first-order valence-electron chi connectivity index (χ1n) is 16.2. The summed E-state index contributed by atoms with van der Waals surface area (Å²) in [5.74, 6) is 0. The van der Waals surface area contributed by atoms with E-state index in [4.69, 9.17) is 4.98 Å². The highest BCUT2D eigenvalue weighted by Crippen LogP contribution is 2.45. The molecule has 0 fully saturated rings. The minimum Gasteiger partial charge on any atom is -0.309 e. The highest BCUT2D eigenvalue weighted by molar-refractivity contribution is 7.85. The largest absolute Gasteiger partial charge is 0.309 e. The number of rotatable bonds is 6. The summed E-state index contributed by atoms with van der Waals surface area (Å²) >= 11 is 0. The Bertz CT molecular complexity index is 2560. The molecular formula is C45H30NOP. The molecule has 0 saturated heterocycles. The van der Waals surface area contributed by atoms with Crippen LogP contribution in [0.15, 0.2) is 182 Å². The van der Waals surface area contributed by atoms with E-state index >= 15 is 4.57 Å². The number of pyridine rings is 1. The van der Waals surface area contributed by atoms with Crippen LogP contribution in [0.1, 0.15) is 0 Å². The van der Waals surface area contributed by atoms with E-state index in [-0.39, 0.29) is 0 Å². The molecule has 0 saturated carbocycles. The van der Waals surface area contributed by atoms with Gasteiger partial charge in [0.1, 0.15) is 0 Å². The molecule has 9 aromatic rings. The van der Waals surface area contributed by atoms with Crippen molar-refractivity contribution in [1.82, 2.24) is 4.98 Å². The molecule has 0 aliphatic rings. The van der Waals surface area contributed by atoms with Crippen LogP contribution in [0.3, 0.4) is 0 Å². The maximum absolute atomic E-state index is 15.7. The Morgan fingerprint density at radius 1 is 0.396 bits per heavy atom. The van der Waals surface area contributed by atoms with Crippen molar-refractivity contribution >= 4 is 55.4 Å². The second-order valence-corrected chi connectivity index (χ2v) is 15.1. The average molecular weight is 632 g/mol. The number of nitrogens with zero attached hydrogens (tertiary/aromatic N) is 1. The van der Waals surface area contributed by atoms with Gasteiger partial charge < -0.3 is 4.57 Å². The van der Waals surface area contributed by atoms with Crippen LogP contribution >= 0.6 is 7.14 Å². The summed E-state index contributed by atoms with van der Waals surface area (Å²) in [7, 11) is -3.27. The lowest BCUT2D eigenvalue weighted by molar-refractivity contribution is 0.592. The summed E-state index contributed by atoms with van der Waals surface area (Å²) in [5.41, 5.74) is 6.07. The Kier molecular flexibility index (Phi) is 6.78. The van der Waals surface area contributed by atoms with Gasteiger partial charge in [0.15, 0.2) is 7.14 Å². The monoisotopic (exact) mass is 631 g/mol. The summed E-state index contributed by atoms with van der Waals surface area (Å²) in [6, 6.07) is 60.6. The number of hydrogen-bond acceptors (Lipinski definition) is 2. The molecule has 0 spiro atoms. The molecule has 9 rings (SSSR count). The summed E-state index contributed by atoms with van der Waals surface area (Å²) in [6.45, 7) is 0. The minimum absolute atomic E-state index is 0.784. The van der Waals surface area contributed by atoms with Gasteiger partial charge in [-0.1, -0.05) is 152 Å². The van der Waals surface area contributed by atoms with Crippen LogP contribution < -0.4 is 15.9 Å². The van der Waals surface area contributed by atoms with Crippen LogP contribution in [0.2, 0.25) is 0 Å². The normalized spacial score (nSPS) is 11.8. The van der Waals surface area contributed by atoms with Crippen molar-refractivity contribution < 1.29 is 4.57 Å². The lowest BCUT2D eigenvalue weighted by Crippen LogP contribution is -2.25. The standard InChI is InChI=1S/C45H30NOP/c47-48(38-15-6-2-7-16-38,39-17-8-3-9-18-39)40-28-36(27-37(29-40)43-26-23-35(30-46-43)31-11-4-1-5-12-31)41-24-21-34-20-19-32-13-10-14-33-22-25-42(41)45(34)44(32)33/h1-30H. The minimum atomic E-state index is -3.27. The fourth-order valence-corrected chi connectivity index (χ4v) is 9.89. The van der Waals surface area contributed by atoms with Crippen LogP contribution in [0.25, 0.3) is 65.8 Å². The number of aromatic nitrogens is 1. The maximum atomic E-state index is 15.7. The molecule has 0 N–H and O–H groups in total. The summed E-state index contributed by atoms with van der Waals surface area (Å²) in [4.78, 5) is 4.97. The van der Waals surface area contributed by atoms with Gasteiger partial charge in [-0.05, 0) is 73.3 Å². The first-order valence-corrected chi connectivity index (χ1v) is 17.9. The van der Waals surface area contributed by atoms with Crippen molar-refractivity contribution in [1.29, 1.82) is 0 Å². The van der Waals surface area contributed by atoms with E-state index in [1.54, 1.807) is 0 Å². The van der Waals surface area contributed by atoms with Crippen LogP contribution in [-0.2, 0) is 4.57 Å². The molecule has 1 heterocycles. The molecule has 226 valence electrons. The Morgan fingerprint density at radius 3 is 1.62 bits per heavy atom. The smallest absolute Gasteiger partial charge is 0.171 e. The quantitative estimate of drug-likeness (QED) is 0.135. The fraction of sp³-hybridized carbons (Fsp3) is 0. The molecule has 0 bridgehead atoms. The zero-order chi connectivity index (χ0) is 32.1. The molecular weight excluding hydrogens is 601 g/mol. The van der Waals surface area contributed by atoms with E-state index in [1.807, 2.05) is 85.1 Å². The van der Waals surface area contributed by atoms with Gasteiger partial charge in [0.05, 0.1) is 5.69 Å². The predicted octanol–water partition coefficient (Wildman–Crippen LogP) is 10.6. The molecule has 8 aromatic carbocycles. The molecule has 0 aliphatic carbocycles. The Hall–Kier alpha value is -5.82. The van der Waals surface area contributed by atoms with Crippen molar-refractivity contribution in [2.45, 2.75) is 0 Å². The first kappa shape index (κ1) is 28.4. The van der Waals surface area contributed by atoms with Gasteiger partial charge in [-0.3, -0.25) is 4.98 Å². The van der Waals surface area contributed by atoms with Crippen molar-refractivity contribution in [2.75, 3.05) is 0 Å². The fourth-order valence-electron chi connectivity index (χ4n) is 7.17. The van der Waals surface area contributed by atoms with Crippen molar-refractivity contribution in [3.05, 3.63) is 182 Å². The molecule has 2 nitrogen and oxygen atoms in total. The SMILES string of the molecule is O=P(c1ccccc1)(c1ccccc1)c1cc(-c2ccc(-c3ccccc3)cn2)cc(-c2ccc3ccc4cccc5ccc2c3c45)c1. The molecule has 0 amide bonds. The molecule has 0 radical (unpaired) electrons. The van der Waals surface area contributed by atoms with E-state index in [9.17, 15) is 0 Å². The molecule has 1 aromatic heterocycles. The van der Waals surface area contributed by atoms with Gasteiger partial charge >= 0.3 is 0 Å². The van der Waals surface area contributed by atoms with E-state index in [1.165, 1.54) is 32.3 Å². The van der Waals surface area contributed by atoms with Crippen LogP contribution in [0.4, 0.5) is 0 Å². The highest BCUT2D eigenvalue weighted by atomic mass is 31.2. The second kappa shape index (κ2) is 11.5. The van der Waals surface area contributed by atoms with Gasteiger partial charge in [-0.15, -0.1) is 0 Å². The van der Waals surface area contributed by atoms with E-state index < -0.39 is 7.14 Å². The highest BCUT2D eigenvalue weighted by Gasteiger charge is 2.31.